The fourth-order valence-electron chi connectivity index (χ4n) is 1.96. The minimum Gasteiger partial charge on any atom is -0.380 e. The summed E-state index contributed by atoms with van der Waals surface area (Å²) in [4.78, 5) is 23.7. The van der Waals surface area contributed by atoms with E-state index in [1.807, 2.05) is 0 Å². The highest BCUT2D eigenvalue weighted by Gasteiger charge is 2.22. The number of carbonyl (C=O) groups is 2. The van der Waals surface area contributed by atoms with Crippen LogP contribution < -0.4 is 0 Å². The van der Waals surface area contributed by atoms with Crippen LogP contribution in [0.2, 0.25) is 0 Å². The first kappa shape index (κ1) is 13.2. The van der Waals surface area contributed by atoms with Gasteiger partial charge in [0, 0.05) is 11.1 Å². The summed E-state index contributed by atoms with van der Waals surface area (Å²) in [6.07, 6.45) is -1.32. The zero-order valence-corrected chi connectivity index (χ0v) is 10.5. The Hall–Kier alpha value is -2.26. The molecule has 2 aromatic carbocycles. The van der Waals surface area contributed by atoms with Crippen molar-refractivity contribution in [3.8, 4) is 0 Å². The van der Waals surface area contributed by atoms with Gasteiger partial charge >= 0.3 is 0 Å². The predicted octanol–water partition coefficient (Wildman–Crippen LogP) is 2.81. The second-order valence-corrected chi connectivity index (χ2v) is 4.28. The van der Waals surface area contributed by atoms with Crippen molar-refractivity contribution in [3.63, 3.8) is 0 Å². The number of ketones is 2. The molecule has 1 unspecified atom stereocenters. The molecule has 96 valence electrons. The maximum atomic E-state index is 12.2. The molecule has 0 bridgehead atoms. The maximum absolute atomic E-state index is 12.2. The van der Waals surface area contributed by atoms with Crippen LogP contribution in [0.5, 0.6) is 0 Å². The third-order valence-electron chi connectivity index (χ3n) is 2.94. The number of rotatable bonds is 4. The summed E-state index contributed by atoms with van der Waals surface area (Å²) in [5, 5.41) is 10.2. The van der Waals surface area contributed by atoms with E-state index in [1.54, 1.807) is 54.6 Å². The van der Waals surface area contributed by atoms with Crippen molar-refractivity contribution in [1.82, 2.24) is 0 Å². The van der Waals surface area contributed by atoms with Gasteiger partial charge in [0.1, 0.15) is 6.10 Å². The van der Waals surface area contributed by atoms with E-state index in [-0.39, 0.29) is 5.78 Å². The van der Waals surface area contributed by atoms with Gasteiger partial charge < -0.3 is 5.11 Å². The van der Waals surface area contributed by atoms with E-state index in [0.29, 0.717) is 16.7 Å². The van der Waals surface area contributed by atoms with Gasteiger partial charge in [-0.15, -0.1) is 0 Å². The molecule has 0 aliphatic carbocycles. The first-order chi connectivity index (χ1) is 9.11. The standard InChI is InChI=1S/C16H14O3/c1-11(17)13-9-5-6-10-14(13)16(19)15(18)12-7-3-2-4-8-12/h2-10,16,19H,1H3. The lowest BCUT2D eigenvalue weighted by Gasteiger charge is -2.13. The average Bonchev–Trinajstić information content (AvgIpc) is 2.46. The molecule has 19 heavy (non-hydrogen) atoms. The Bertz CT molecular complexity index is 602. The quantitative estimate of drug-likeness (QED) is 0.853. The van der Waals surface area contributed by atoms with Crippen molar-refractivity contribution in [2.24, 2.45) is 0 Å². The van der Waals surface area contributed by atoms with Crippen LogP contribution in [0.4, 0.5) is 0 Å². The van der Waals surface area contributed by atoms with Gasteiger partial charge in [0.25, 0.3) is 0 Å². The normalized spacial score (nSPS) is 11.9. The molecule has 0 heterocycles. The highest BCUT2D eigenvalue weighted by atomic mass is 16.3. The summed E-state index contributed by atoms with van der Waals surface area (Å²) < 4.78 is 0. The molecule has 0 aromatic heterocycles. The van der Waals surface area contributed by atoms with Crippen LogP contribution in [0, 0.1) is 0 Å². The lowest BCUT2D eigenvalue weighted by molar-refractivity contribution is 0.0745. The van der Waals surface area contributed by atoms with Crippen LogP contribution in [0.1, 0.15) is 39.3 Å². The molecule has 0 saturated heterocycles. The summed E-state index contributed by atoms with van der Waals surface area (Å²) in [5.74, 6) is -0.579. The van der Waals surface area contributed by atoms with E-state index in [9.17, 15) is 14.7 Å². The van der Waals surface area contributed by atoms with Crippen molar-refractivity contribution in [2.45, 2.75) is 13.0 Å². The summed E-state index contributed by atoms with van der Waals surface area (Å²) >= 11 is 0. The van der Waals surface area contributed by atoms with E-state index in [1.165, 1.54) is 6.92 Å². The molecule has 1 atom stereocenters. The second-order valence-electron chi connectivity index (χ2n) is 4.28. The van der Waals surface area contributed by atoms with Gasteiger partial charge in [-0.25, -0.2) is 0 Å². The predicted molar refractivity (Wildman–Crippen MR) is 72.2 cm³/mol. The van der Waals surface area contributed by atoms with E-state index in [0.717, 1.165) is 0 Å². The monoisotopic (exact) mass is 254 g/mol. The smallest absolute Gasteiger partial charge is 0.195 e. The van der Waals surface area contributed by atoms with E-state index >= 15 is 0 Å². The summed E-state index contributed by atoms with van der Waals surface area (Å²) in [7, 11) is 0. The number of carbonyl (C=O) groups excluding carboxylic acids is 2. The molecule has 0 aliphatic rings. The molecule has 3 heteroatoms. The Labute approximate surface area is 111 Å². The molecule has 2 aromatic rings. The van der Waals surface area contributed by atoms with E-state index < -0.39 is 11.9 Å². The van der Waals surface area contributed by atoms with Crippen molar-refractivity contribution in [1.29, 1.82) is 0 Å². The van der Waals surface area contributed by atoms with Crippen molar-refractivity contribution in [3.05, 3.63) is 71.3 Å². The first-order valence-corrected chi connectivity index (χ1v) is 5.98. The zero-order chi connectivity index (χ0) is 13.8. The lowest BCUT2D eigenvalue weighted by atomic mass is 9.94. The minimum absolute atomic E-state index is 0.171. The number of aliphatic hydroxyl groups is 1. The van der Waals surface area contributed by atoms with E-state index in [4.69, 9.17) is 0 Å². The average molecular weight is 254 g/mol. The summed E-state index contributed by atoms with van der Waals surface area (Å²) in [6.45, 7) is 1.42. The van der Waals surface area contributed by atoms with Crippen LogP contribution in [0.15, 0.2) is 54.6 Å². The molecule has 2 rings (SSSR count). The summed E-state index contributed by atoms with van der Waals surface area (Å²) in [6, 6.07) is 15.2. The highest BCUT2D eigenvalue weighted by Crippen LogP contribution is 2.22. The first-order valence-electron chi connectivity index (χ1n) is 5.98. The zero-order valence-electron chi connectivity index (χ0n) is 10.5. The third kappa shape index (κ3) is 2.77. The second kappa shape index (κ2) is 5.59. The Kier molecular flexibility index (Phi) is 3.88. The Morgan fingerprint density at radius 1 is 0.947 bits per heavy atom. The van der Waals surface area contributed by atoms with Crippen molar-refractivity contribution >= 4 is 11.6 Å². The van der Waals surface area contributed by atoms with Gasteiger partial charge in [-0.3, -0.25) is 9.59 Å². The Morgan fingerprint density at radius 3 is 2.16 bits per heavy atom. The summed E-state index contributed by atoms with van der Waals surface area (Å²) in [5.41, 5.74) is 1.15. The van der Waals surface area contributed by atoms with Crippen molar-refractivity contribution < 1.29 is 14.7 Å². The number of aliphatic hydroxyl groups excluding tert-OH is 1. The molecule has 0 amide bonds. The number of Topliss-reactive ketones (excluding diaryl/α,β-unsaturated/α-hetero) is 2. The minimum atomic E-state index is -1.32. The van der Waals surface area contributed by atoms with Crippen LogP contribution in [0.25, 0.3) is 0 Å². The number of benzene rings is 2. The van der Waals surface area contributed by atoms with Crippen LogP contribution in [-0.4, -0.2) is 16.7 Å². The molecular weight excluding hydrogens is 240 g/mol. The van der Waals surface area contributed by atoms with Crippen LogP contribution in [0.3, 0.4) is 0 Å². The van der Waals surface area contributed by atoms with E-state index in [2.05, 4.69) is 0 Å². The van der Waals surface area contributed by atoms with Crippen LogP contribution >= 0.6 is 0 Å². The molecule has 1 N–H and O–H groups in total. The highest BCUT2D eigenvalue weighted by molar-refractivity contribution is 6.03. The topological polar surface area (TPSA) is 54.4 Å². The van der Waals surface area contributed by atoms with Gasteiger partial charge in [-0.1, -0.05) is 54.6 Å². The fourth-order valence-corrected chi connectivity index (χ4v) is 1.96. The van der Waals surface area contributed by atoms with Gasteiger partial charge in [0.15, 0.2) is 11.6 Å². The third-order valence-corrected chi connectivity index (χ3v) is 2.94. The van der Waals surface area contributed by atoms with Gasteiger partial charge in [0.2, 0.25) is 0 Å². The molecule has 0 spiro atoms. The molecule has 0 radical (unpaired) electrons. The van der Waals surface area contributed by atoms with Gasteiger partial charge in [-0.05, 0) is 12.5 Å². The lowest BCUT2D eigenvalue weighted by Crippen LogP contribution is -2.15. The Morgan fingerprint density at radius 2 is 1.53 bits per heavy atom. The number of hydrogen-bond acceptors (Lipinski definition) is 3. The number of hydrogen-bond donors (Lipinski definition) is 1. The molecule has 0 fully saturated rings. The molecule has 3 nitrogen and oxygen atoms in total. The largest absolute Gasteiger partial charge is 0.380 e. The molecule has 0 aliphatic heterocycles. The molecule has 0 saturated carbocycles. The Balaban J connectivity index is 2.38. The maximum Gasteiger partial charge on any atom is 0.195 e. The SMILES string of the molecule is CC(=O)c1ccccc1C(O)C(=O)c1ccccc1. The van der Waals surface area contributed by atoms with Gasteiger partial charge in [-0.2, -0.15) is 0 Å². The fraction of sp³-hybridized carbons (Fsp3) is 0.125. The van der Waals surface area contributed by atoms with Crippen molar-refractivity contribution in [2.75, 3.05) is 0 Å². The van der Waals surface area contributed by atoms with Gasteiger partial charge in [0.05, 0.1) is 0 Å². The molecular formula is C16H14O3. The van der Waals surface area contributed by atoms with Crippen LogP contribution in [-0.2, 0) is 0 Å².